The van der Waals surface area contributed by atoms with Crippen molar-refractivity contribution < 1.29 is 18.3 Å². The van der Waals surface area contributed by atoms with Gasteiger partial charge in [-0.05, 0) is 25.5 Å². The quantitative estimate of drug-likeness (QED) is 0.889. The van der Waals surface area contributed by atoms with Gasteiger partial charge in [-0.3, -0.25) is 0 Å². The van der Waals surface area contributed by atoms with Gasteiger partial charge in [0.1, 0.15) is 12.4 Å². The van der Waals surface area contributed by atoms with Crippen LogP contribution in [0.1, 0.15) is 25.5 Å². The van der Waals surface area contributed by atoms with Crippen molar-refractivity contribution in [1.82, 2.24) is 4.98 Å². The Kier molecular flexibility index (Phi) is 4.34. The molecule has 0 amide bonds. The highest BCUT2D eigenvalue weighted by atomic mass is 19.4. The summed E-state index contributed by atoms with van der Waals surface area (Å²) in [6.07, 6.45) is -3.53. The van der Waals surface area contributed by atoms with Gasteiger partial charge in [-0.1, -0.05) is 6.07 Å². The van der Waals surface area contributed by atoms with Gasteiger partial charge in [0.2, 0.25) is 0 Å². The van der Waals surface area contributed by atoms with Gasteiger partial charge in [-0.2, -0.15) is 13.2 Å². The van der Waals surface area contributed by atoms with Crippen LogP contribution < -0.4 is 4.90 Å². The van der Waals surface area contributed by atoms with E-state index in [2.05, 4.69) is 4.98 Å². The number of aromatic nitrogens is 1. The summed E-state index contributed by atoms with van der Waals surface area (Å²) in [4.78, 5) is 5.05. The third-order valence-corrected chi connectivity index (χ3v) is 2.33. The Morgan fingerprint density at radius 3 is 2.41 bits per heavy atom. The topological polar surface area (TPSA) is 36.4 Å². The van der Waals surface area contributed by atoms with Crippen LogP contribution in [0.15, 0.2) is 18.3 Å². The van der Waals surface area contributed by atoms with Crippen LogP contribution in [0.25, 0.3) is 0 Å². The number of anilines is 1. The third-order valence-electron chi connectivity index (χ3n) is 2.33. The van der Waals surface area contributed by atoms with Gasteiger partial charge < -0.3 is 10.0 Å². The summed E-state index contributed by atoms with van der Waals surface area (Å²) < 4.78 is 36.8. The Morgan fingerprint density at radius 1 is 1.41 bits per heavy atom. The van der Waals surface area contributed by atoms with Gasteiger partial charge in [0.05, 0.1) is 6.10 Å². The fourth-order valence-electron chi connectivity index (χ4n) is 1.40. The lowest BCUT2D eigenvalue weighted by atomic mass is 10.2. The van der Waals surface area contributed by atoms with Crippen LogP contribution in [0.4, 0.5) is 19.0 Å². The van der Waals surface area contributed by atoms with E-state index in [0.29, 0.717) is 5.56 Å². The zero-order chi connectivity index (χ0) is 13.1. The van der Waals surface area contributed by atoms with E-state index in [1.807, 2.05) is 0 Å². The van der Waals surface area contributed by atoms with Crippen LogP contribution >= 0.6 is 0 Å². The van der Waals surface area contributed by atoms with Gasteiger partial charge in [0.25, 0.3) is 0 Å². The largest absolute Gasteiger partial charge is 0.405 e. The normalized spacial score (nSPS) is 13.5. The van der Waals surface area contributed by atoms with Gasteiger partial charge in [0.15, 0.2) is 0 Å². The first kappa shape index (κ1) is 13.8. The number of hydrogen-bond acceptors (Lipinski definition) is 3. The molecular formula is C11H15F3N2O. The Morgan fingerprint density at radius 2 is 2.06 bits per heavy atom. The summed E-state index contributed by atoms with van der Waals surface area (Å²) in [5.41, 5.74) is 0.580. The first-order chi connectivity index (χ1) is 7.83. The monoisotopic (exact) mass is 248 g/mol. The highest BCUT2D eigenvalue weighted by Gasteiger charge is 2.30. The molecule has 96 valence electrons. The van der Waals surface area contributed by atoms with Crippen molar-refractivity contribution in [2.45, 2.75) is 26.1 Å². The number of alkyl halides is 3. The first-order valence-electron chi connectivity index (χ1n) is 5.29. The maximum absolute atomic E-state index is 12.3. The molecule has 1 aromatic heterocycles. The third kappa shape index (κ3) is 4.22. The summed E-state index contributed by atoms with van der Waals surface area (Å²) in [6.45, 7) is 2.41. The maximum Gasteiger partial charge on any atom is 0.405 e. The van der Waals surface area contributed by atoms with Gasteiger partial charge in [-0.15, -0.1) is 0 Å². The molecule has 1 aromatic rings. The second-order valence-corrected chi connectivity index (χ2v) is 3.76. The Bertz CT molecular complexity index is 349. The van der Waals surface area contributed by atoms with Crippen LogP contribution in [0, 0.1) is 0 Å². The molecule has 0 fully saturated rings. The minimum Gasteiger partial charge on any atom is -0.389 e. The van der Waals surface area contributed by atoms with Crippen molar-refractivity contribution >= 4 is 5.82 Å². The highest BCUT2D eigenvalue weighted by Crippen LogP contribution is 2.21. The lowest BCUT2D eigenvalue weighted by Crippen LogP contribution is -2.34. The van der Waals surface area contributed by atoms with Crippen molar-refractivity contribution in [1.29, 1.82) is 0 Å². The standard InChI is InChI=1S/C11H15F3N2O/c1-3-16(7-11(12,13)14)10-5-4-9(6-15-10)8(2)17/h4-6,8,17H,3,7H2,1-2H3/t8-/m1/s1. The SMILES string of the molecule is CCN(CC(F)(F)F)c1ccc([C@@H](C)O)cn1. The van der Waals surface area contributed by atoms with E-state index < -0.39 is 18.8 Å². The molecule has 0 unspecified atom stereocenters. The molecule has 0 aliphatic heterocycles. The van der Waals surface area contributed by atoms with Crippen LogP contribution in [0.3, 0.4) is 0 Å². The van der Waals surface area contributed by atoms with E-state index in [1.165, 1.54) is 12.3 Å². The minimum atomic E-state index is -4.25. The van der Waals surface area contributed by atoms with E-state index in [1.54, 1.807) is 19.9 Å². The van der Waals surface area contributed by atoms with Crippen molar-refractivity contribution in [2.24, 2.45) is 0 Å². The predicted molar refractivity (Wildman–Crippen MR) is 58.8 cm³/mol. The lowest BCUT2D eigenvalue weighted by Gasteiger charge is -2.23. The van der Waals surface area contributed by atoms with Gasteiger partial charge in [0, 0.05) is 12.7 Å². The molecule has 0 bridgehead atoms. The number of nitrogens with zero attached hydrogens (tertiary/aromatic N) is 2. The average Bonchev–Trinajstić information content (AvgIpc) is 2.25. The molecular weight excluding hydrogens is 233 g/mol. The number of halogens is 3. The van der Waals surface area contributed by atoms with Crippen molar-refractivity contribution in [2.75, 3.05) is 18.0 Å². The number of aliphatic hydroxyl groups excluding tert-OH is 1. The fraction of sp³-hybridized carbons (Fsp3) is 0.545. The molecule has 1 atom stereocenters. The molecule has 0 spiro atoms. The molecule has 6 heteroatoms. The molecule has 3 nitrogen and oxygen atoms in total. The Labute approximate surface area is 97.9 Å². The van der Waals surface area contributed by atoms with Crippen molar-refractivity contribution in [3.05, 3.63) is 23.9 Å². The summed E-state index contributed by atoms with van der Waals surface area (Å²) in [6, 6.07) is 3.06. The van der Waals surface area contributed by atoms with Gasteiger partial charge in [-0.25, -0.2) is 4.98 Å². The summed E-state index contributed by atoms with van der Waals surface area (Å²) in [7, 11) is 0. The first-order valence-corrected chi connectivity index (χ1v) is 5.29. The zero-order valence-electron chi connectivity index (χ0n) is 9.70. The van der Waals surface area contributed by atoms with Crippen molar-refractivity contribution in [3.8, 4) is 0 Å². The van der Waals surface area contributed by atoms with E-state index in [4.69, 9.17) is 0 Å². The van der Waals surface area contributed by atoms with E-state index in [9.17, 15) is 18.3 Å². The number of hydrogen-bond donors (Lipinski definition) is 1. The molecule has 0 aromatic carbocycles. The minimum absolute atomic E-state index is 0.223. The molecule has 0 aliphatic carbocycles. The second-order valence-electron chi connectivity index (χ2n) is 3.76. The molecule has 1 rings (SSSR count). The zero-order valence-corrected chi connectivity index (χ0v) is 9.70. The summed E-state index contributed by atoms with van der Waals surface area (Å²) in [5, 5.41) is 9.26. The summed E-state index contributed by atoms with van der Waals surface area (Å²) >= 11 is 0. The molecule has 1 N–H and O–H groups in total. The van der Waals surface area contributed by atoms with E-state index in [0.717, 1.165) is 4.90 Å². The van der Waals surface area contributed by atoms with Crippen LogP contribution in [0.5, 0.6) is 0 Å². The van der Waals surface area contributed by atoms with Crippen LogP contribution in [-0.2, 0) is 0 Å². The molecule has 0 radical (unpaired) electrons. The molecule has 0 saturated carbocycles. The van der Waals surface area contributed by atoms with Crippen molar-refractivity contribution in [3.63, 3.8) is 0 Å². The van der Waals surface area contributed by atoms with Crippen LogP contribution in [0.2, 0.25) is 0 Å². The number of pyridine rings is 1. The summed E-state index contributed by atoms with van der Waals surface area (Å²) in [5.74, 6) is 0.259. The van der Waals surface area contributed by atoms with Crippen LogP contribution in [-0.4, -0.2) is 29.4 Å². The Hall–Kier alpha value is -1.30. The highest BCUT2D eigenvalue weighted by molar-refractivity contribution is 5.39. The molecule has 17 heavy (non-hydrogen) atoms. The molecule has 0 saturated heterocycles. The molecule has 0 aliphatic rings. The fourth-order valence-corrected chi connectivity index (χ4v) is 1.40. The average molecular weight is 248 g/mol. The predicted octanol–water partition coefficient (Wildman–Crippen LogP) is 2.52. The Balaban J connectivity index is 2.82. The van der Waals surface area contributed by atoms with E-state index in [-0.39, 0.29) is 12.4 Å². The number of aliphatic hydroxyl groups is 1. The van der Waals surface area contributed by atoms with Gasteiger partial charge >= 0.3 is 6.18 Å². The second kappa shape index (κ2) is 5.35. The van der Waals surface area contributed by atoms with E-state index >= 15 is 0 Å². The smallest absolute Gasteiger partial charge is 0.389 e. The number of rotatable bonds is 4. The molecule has 1 heterocycles. The maximum atomic E-state index is 12.3. The lowest BCUT2D eigenvalue weighted by molar-refractivity contribution is -0.119.